The van der Waals surface area contributed by atoms with Crippen molar-refractivity contribution in [3.8, 4) is 17.1 Å². The van der Waals surface area contributed by atoms with E-state index >= 15 is 0 Å². The molecule has 4 rings (SSSR count). The maximum atomic E-state index is 12.6. The van der Waals surface area contributed by atoms with Crippen LogP contribution in [0.15, 0.2) is 52.9 Å². The Balaban J connectivity index is 1.47. The van der Waals surface area contributed by atoms with Gasteiger partial charge < -0.3 is 9.15 Å². The molecule has 2 aromatic carbocycles. The first kappa shape index (κ1) is 20.8. The highest BCUT2D eigenvalue weighted by molar-refractivity contribution is 6.30. The van der Waals surface area contributed by atoms with Crippen LogP contribution in [-0.4, -0.2) is 25.9 Å². The molecule has 2 aromatic heterocycles. The van der Waals surface area contributed by atoms with Gasteiger partial charge in [-0.15, -0.1) is 5.10 Å². The van der Waals surface area contributed by atoms with E-state index in [9.17, 15) is 4.79 Å². The van der Waals surface area contributed by atoms with Crippen LogP contribution in [0.2, 0.25) is 5.02 Å². The van der Waals surface area contributed by atoms with E-state index < -0.39 is 5.97 Å². The van der Waals surface area contributed by atoms with Gasteiger partial charge in [-0.05, 0) is 62.2 Å². The lowest BCUT2D eigenvalue weighted by atomic mass is 10.1. The largest absolute Gasteiger partial charge is 0.454 e. The van der Waals surface area contributed by atoms with E-state index in [-0.39, 0.29) is 12.3 Å². The van der Waals surface area contributed by atoms with E-state index in [1.807, 2.05) is 36.4 Å². The molecule has 7 nitrogen and oxygen atoms in total. The van der Waals surface area contributed by atoms with Crippen LogP contribution in [-0.2, 0) is 17.8 Å². The zero-order valence-electron chi connectivity index (χ0n) is 17.4. The summed E-state index contributed by atoms with van der Waals surface area (Å²) in [6.07, 6.45) is 0.954. The fraction of sp³-hybridized carbons (Fsp3) is 0.217. The molecule has 31 heavy (non-hydrogen) atoms. The van der Waals surface area contributed by atoms with Gasteiger partial charge in [0, 0.05) is 10.6 Å². The highest BCUT2D eigenvalue weighted by Crippen LogP contribution is 2.24. The average Bonchev–Trinajstić information content (AvgIpc) is 3.35. The molecule has 0 N–H and O–H groups in total. The summed E-state index contributed by atoms with van der Waals surface area (Å²) in [6, 6.07) is 15.1. The Labute approximate surface area is 184 Å². The second-order valence-corrected chi connectivity index (χ2v) is 7.50. The fourth-order valence-corrected chi connectivity index (χ4v) is 3.24. The van der Waals surface area contributed by atoms with Gasteiger partial charge in [0.25, 0.3) is 0 Å². The van der Waals surface area contributed by atoms with Gasteiger partial charge >= 0.3 is 5.97 Å². The molecule has 0 amide bonds. The number of aromatic nitrogens is 4. The number of hydrogen-bond acceptors (Lipinski definition) is 6. The Hall–Kier alpha value is -3.45. The number of esters is 1. The Morgan fingerprint density at radius 1 is 1.10 bits per heavy atom. The summed E-state index contributed by atoms with van der Waals surface area (Å²) >= 11 is 5.92. The van der Waals surface area contributed by atoms with Gasteiger partial charge in [0.2, 0.25) is 5.89 Å². The van der Waals surface area contributed by atoms with Crippen LogP contribution in [0.25, 0.3) is 17.1 Å². The van der Waals surface area contributed by atoms with Gasteiger partial charge in [-0.25, -0.2) is 14.5 Å². The highest BCUT2D eigenvalue weighted by Gasteiger charge is 2.20. The van der Waals surface area contributed by atoms with Crippen LogP contribution in [0.4, 0.5) is 0 Å². The summed E-state index contributed by atoms with van der Waals surface area (Å²) < 4.78 is 12.8. The van der Waals surface area contributed by atoms with Crippen molar-refractivity contribution in [2.75, 3.05) is 0 Å². The molecule has 0 aliphatic heterocycles. The molecule has 0 bridgehead atoms. The molecule has 0 atom stereocenters. The van der Waals surface area contributed by atoms with E-state index in [2.05, 4.69) is 22.2 Å². The molecule has 158 valence electrons. The van der Waals surface area contributed by atoms with Crippen LogP contribution in [0.1, 0.15) is 40.1 Å². The van der Waals surface area contributed by atoms with E-state index in [0.717, 1.165) is 17.7 Å². The Morgan fingerprint density at radius 2 is 1.81 bits per heavy atom. The van der Waals surface area contributed by atoms with Crippen molar-refractivity contribution in [2.24, 2.45) is 0 Å². The SMILES string of the molecule is CCc1ccc(-n2nnc(C(=O)OCc3nc(-c4ccc(Cl)cc4)oc3C)c2C)cc1. The molecule has 0 aliphatic rings. The number of benzene rings is 2. The summed E-state index contributed by atoms with van der Waals surface area (Å²) in [5.41, 5.74) is 4.16. The number of carbonyl (C=O) groups excluding carboxylic acids is 1. The molecule has 0 radical (unpaired) electrons. The van der Waals surface area contributed by atoms with Gasteiger partial charge in [-0.1, -0.05) is 35.9 Å². The fourth-order valence-electron chi connectivity index (χ4n) is 3.12. The number of carbonyl (C=O) groups is 1. The maximum Gasteiger partial charge on any atom is 0.361 e. The summed E-state index contributed by atoms with van der Waals surface area (Å²) in [5.74, 6) is 0.455. The average molecular weight is 437 g/mol. The molecule has 0 spiro atoms. The molecule has 0 unspecified atom stereocenters. The van der Waals surface area contributed by atoms with E-state index in [1.165, 1.54) is 5.56 Å². The van der Waals surface area contributed by atoms with Gasteiger partial charge in [-0.2, -0.15) is 0 Å². The van der Waals surface area contributed by atoms with Crippen molar-refractivity contribution in [3.05, 3.63) is 82.0 Å². The predicted molar refractivity (Wildman–Crippen MR) is 116 cm³/mol. The minimum absolute atomic E-state index is 0.0285. The lowest BCUT2D eigenvalue weighted by Gasteiger charge is -2.05. The predicted octanol–water partition coefficient (Wildman–Crippen LogP) is 5.11. The molecule has 0 fully saturated rings. The summed E-state index contributed by atoms with van der Waals surface area (Å²) in [4.78, 5) is 17.0. The van der Waals surface area contributed by atoms with E-state index in [4.69, 9.17) is 20.8 Å². The topological polar surface area (TPSA) is 83.0 Å². The van der Waals surface area contributed by atoms with Gasteiger partial charge in [-0.3, -0.25) is 0 Å². The molecule has 4 aromatic rings. The van der Waals surface area contributed by atoms with Crippen molar-refractivity contribution in [1.29, 1.82) is 0 Å². The Morgan fingerprint density at radius 3 is 2.48 bits per heavy atom. The van der Waals surface area contributed by atoms with Crippen LogP contribution in [0.5, 0.6) is 0 Å². The zero-order chi connectivity index (χ0) is 22.0. The van der Waals surface area contributed by atoms with Crippen molar-refractivity contribution < 1.29 is 13.9 Å². The summed E-state index contributed by atoms with van der Waals surface area (Å²) in [5, 5.41) is 8.75. The van der Waals surface area contributed by atoms with Gasteiger partial charge in [0.1, 0.15) is 18.1 Å². The van der Waals surface area contributed by atoms with E-state index in [1.54, 1.807) is 30.7 Å². The van der Waals surface area contributed by atoms with Crippen molar-refractivity contribution in [3.63, 3.8) is 0 Å². The maximum absolute atomic E-state index is 12.6. The second kappa shape index (κ2) is 8.73. The van der Waals surface area contributed by atoms with Crippen LogP contribution in [0, 0.1) is 13.8 Å². The summed E-state index contributed by atoms with van der Waals surface area (Å²) in [7, 11) is 0. The number of oxazole rings is 1. The molecule has 0 aliphatic carbocycles. The van der Waals surface area contributed by atoms with Crippen LogP contribution >= 0.6 is 11.6 Å². The zero-order valence-corrected chi connectivity index (χ0v) is 18.2. The second-order valence-electron chi connectivity index (χ2n) is 7.06. The number of ether oxygens (including phenoxy) is 1. The molecule has 0 saturated carbocycles. The van der Waals surface area contributed by atoms with E-state index in [0.29, 0.717) is 28.1 Å². The molecular formula is C23H21ClN4O3. The van der Waals surface area contributed by atoms with Crippen molar-refractivity contribution >= 4 is 17.6 Å². The minimum Gasteiger partial charge on any atom is -0.454 e. The third-order valence-corrected chi connectivity index (χ3v) is 5.25. The first-order valence-corrected chi connectivity index (χ1v) is 10.2. The number of rotatable bonds is 6. The number of aryl methyl sites for hydroxylation is 2. The Bertz CT molecular complexity index is 1210. The molecular weight excluding hydrogens is 416 g/mol. The van der Waals surface area contributed by atoms with Gasteiger partial charge in [0.15, 0.2) is 5.69 Å². The first-order chi connectivity index (χ1) is 15.0. The van der Waals surface area contributed by atoms with Crippen LogP contribution < -0.4 is 0 Å². The smallest absolute Gasteiger partial charge is 0.361 e. The monoisotopic (exact) mass is 436 g/mol. The minimum atomic E-state index is -0.565. The lowest BCUT2D eigenvalue weighted by molar-refractivity contribution is 0.0459. The van der Waals surface area contributed by atoms with Crippen molar-refractivity contribution in [2.45, 2.75) is 33.8 Å². The molecule has 8 heteroatoms. The van der Waals surface area contributed by atoms with Crippen molar-refractivity contribution in [1.82, 2.24) is 20.0 Å². The van der Waals surface area contributed by atoms with Gasteiger partial charge in [0.05, 0.1) is 11.4 Å². The number of halogens is 1. The normalized spacial score (nSPS) is 11.0. The molecule has 2 heterocycles. The summed E-state index contributed by atoms with van der Waals surface area (Å²) in [6.45, 7) is 5.62. The number of hydrogen-bond donors (Lipinski definition) is 0. The number of nitrogens with zero attached hydrogens (tertiary/aromatic N) is 4. The van der Waals surface area contributed by atoms with Crippen LogP contribution in [0.3, 0.4) is 0 Å². The quantitative estimate of drug-likeness (QED) is 0.390. The lowest BCUT2D eigenvalue weighted by Crippen LogP contribution is -2.09. The highest BCUT2D eigenvalue weighted by atomic mass is 35.5. The third-order valence-electron chi connectivity index (χ3n) is 5.00. The standard InChI is InChI=1S/C23H21ClN4O3/c1-4-16-5-11-19(12-6-16)28-14(2)21(26-27-28)23(29)30-13-20-15(3)31-22(25-20)17-7-9-18(24)10-8-17/h5-12H,4,13H2,1-3H3. The Kier molecular flexibility index (Phi) is 5.86. The third kappa shape index (κ3) is 4.36. The molecule has 0 saturated heterocycles. The first-order valence-electron chi connectivity index (χ1n) is 9.87.